The zero-order chi connectivity index (χ0) is 29.8. The highest BCUT2D eigenvalue weighted by Crippen LogP contribution is 2.33. The number of cyclic esters (lactones) is 1. The van der Waals surface area contributed by atoms with Crippen LogP contribution in [0.4, 0.5) is 32.3 Å². The summed E-state index contributed by atoms with van der Waals surface area (Å²) in [5, 5.41) is 6.11. The molecule has 2 aliphatic heterocycles. The smallest absolute Gasteiger partial charge is 0.416 e. The minimum absolute atomic E-state index is 0.0350. The van der Waals surface area contributed by atoms with Gasteiger partial charge in [-0.1, -0.05) is 6.58 Å². The number of nitrogens with zero attached hydrogens (tertiary/aromatic N) is 5. The average molecular weight is 576 g/mol. The highest BCUT2D eigenvalue weighted by atomic mass is 19.1. The maximum absolute atomic E-state index is 14.1. The van der Waals surface area contributed by atoms with Gasteiger partial charge in [0.2, 0.25) is 11.9 Å². The van der Waals surface area contributed by atoms with E-state index >= 15 is 0 Å². The number of anilines is 4. The van der Waals surface area contributed by atoms with E-state index in [0.717, 1.165) is 41.2 Å². The zero-order valence-corrected chi connectivity index (χ0v) is 23.8. The van der Waals surface area contributed by atoms with Crippen molar-refractivity contribution in [3.63, 3.8) is 0 Å². The van der Waals surface area contributed by atoms with Crippen molar-refractivity contribution in [3.05, 3.63) is 66.6 Å². The van der Waals surface area contributed by atoms with E-state index in [0.29, 0.717) is 18.9 Å². The first kappa shape index (κ1) is 28.9. The Morgan fingerprint density at radius 2 is 1.98 bits per heavy atom. The molecule has 220 valence electrons. The first-order valence-corrected chi connectivity index (χ1v) is 13.8. The van der Waals surface area contributed by atoms with Crippen LogP contribution in [0.3, 0.4) is 0 Å². The number of aryl methyl sites for hydroxylation is 1. The van der Waals surface area contributed by atoms with Crippen molar-refractivity contribution in [2.75, 3.05) is 53.3 Å². The van der Waals surface area contributed by atoms with E-state index < -0.39 is 18.3 Å². The molecule has 2 saturated heterocycles. The summed E-state index contributed by atoms with van der Waals surface area (Å²) >= 11 is 0. The van der Waals surface area contributed by atoms with Crippen LogP contribution in [0.15, 0.2) is 55.4 Å². The molecule has 0 radical (unpaired) electrons. The number of pyridine rings is 1. The molecule has 12 heteroatoms. The van der Waals surface area contributed by atoms with Crippen LogP contribution >= 0.6 is 0 Å². The van der Waals surface area contributed by atoms with Gasteiger partial charge in [-0.2, -0.15) is 4.98 Å². The molecule has 3 aromatic rings. The SMILES string of the molecule is C=CC(=O)Nc1cc(-c2cnc([C@H](C)Nc3nccc(N4C(=O)OC[C@@H]4[C@H](C)F)n3)cc2C)cc(N2CCOCC2)c1. The second kappa shape index (κ2) is 12.5. The number of nitrogens with one attached hydrogen (secondary N) is 2. The lowest BCUT2D eigenvalue weighted by atomic mass is 9.99. The lowest BCUT2D eigenvalue weighted by Gasteiger charge is -2.29. The Labute approximate surface area is 243 Å². The summed E-state index contributed by atoms with van der Waals surface area (Å²) in [6, 6.07) is 8.47. The van der Waals surface area contributed by atoms with E-state index in [-0.39, 0.29) is 30.3 Å². The molecule has 3 atom stereocenters. The Kier molecular flexibility index (Phi) is 8.62. The minimum atomic E-state index is -1.28. The van der Waals surface area contributed by atoms with Crippen LogP contribution < -0.4 is 20.4 Å². The fraction of sp³-hybridized carbons (Fsp3) is 0.367. The molecule has 2 N–H and O–H groups in total. The van der Waals surface area contributed by atoms with Crippen molar-refractivity contribution in [3.8, 4) is 11.1 Å². The summed E-state index contributed by atoms with van der Waals surface area (Å²) in [5.74, 6) is 0.248. The summed E-state index contributed by atoms with van der Waals surface area (Å²) in [6.07, 6.45) is 2.64. The molecule has 2 fully saturated rings. The molecule has 0 unspecified atom stereocenters. The van der Waals surface area contributed by atoms with Crippen molar-refractivity contribution in [1.82, 2.24) is 15.0 Å². The molecule has 2 aliphatic rings. The molecule has 11 nitrogen and oxygen atoms in total. The van der Waals surface area contributed by atoms with Crippen LogP contribution in [-0.4, -0.2) is 72.1 Å². The summed E-state index contributed by atoms with van der Waals surface area (Å²) < 4.78 is 24.6. The number of carbonyl (C=O) groups excluding carboxylic acids is 2. The Bertz CT molecular complexity index is 1480. The molecule has 42 heavy (non-hydrogen) atoms. The molecule has 0 bridgehead atoms. The maximum Gasteiger partial charge on any atom is 0.416 e. The number of rotatable bonds is 9. The van der Waals surface area contributed by atoms with E-state index in [4.69, 9.17) is 14.5 Å². The van der Waals surface area contributed by atoms with Crippen molar-refractivity contribution in [2.24, 2.45) is 0 Å². The van der Waals surface area contributed by atoms with Gasteiger partial charge in [0.1, 0.15) is 24.6 Å². The first-order chi connectivity index (χ1) is 20.2. The third kappa shape index (κ3) is 6.33. The fourth-order valence-corrected chi connectivity index (χ4v) is 5.01. The maximum atomic E-state index is 14.1. The van der Waals surface area contributed by atoms with Crippen LogP contribution in [0.2, 0.25) is 0 Å². The second-order valence-corrected chi connectivity index (χ2v) is 10.3. The predicted octanol–water partition coefficient (Wildman–Crippen LogP) is 4.66. The molecule has 1 aromatic carbocycles. The monoisotopic (exact) mass is 575 g/mol. The molecule has 0 saturated carbocycles. The normalized spacial score (nSPS) is 18.3. The molecule has 2 amide bonds. The van der Waals surface area contributed by atoms with E-state index in [1.54, 1.807) is 6.07 Å². The zero-order valence-electron chi connectivity index (χ0n) is 23.8. The number of hydrogen-bond donors (Lipinski definition) is 2. The van der Waals surface area contributed by atoms with Gasteiger partial charge in [0.15, 0.2) is 0 Å². The molecule has 5 rings (SSSR count). The van der Waals surface area contributed by atoms with Crippen molar-refractivity contribution in [2.45, 2.75) is 39.0 Å². The summed E-state index contributed by atoms with van der Waals surface area (Å²) in [4.78, 5) is 41.2. The number of amides is 2. The number of aromatic nitrogens is 3. The van der Waals surface area contributed by atoms with E-state index in [2.05, 4.69) is 38.1 Å². The van der Waals surface area contributed by atoms with Gasteiger partial charge in [-0.15, -0.1) is 0 Å². The van der Waals surface area contributed by atoms with Gasteiger partial charge in [0, 0.05) is 42.4 Å². The predicted molar refractivity (Wildman–Crippen MR) is 159 cm³/mol. The number of hydrogen-bond acceptors (Lipinski definition) is 9. The molecule has 2 aromatic heterocycles. The van der Waals surface area contributed by atoms with Crippen molar-refractivity contribution >= 4 is 35.1 Å². The van der Waals surface area contributed by atoms with Crippen LogP contribution in [-0.2, 0) is 14.3 Å². The van der Waals surface area contributed by atoms with E-state index in [9.17, 15) is 14.0 Å². The highest BCUT2D eigenvalue weighted by Gasteiger charge is 2.39. The third-order valence-electron chi connectivity index (χ3n) is 7.30. The summed E-state index contributed by atoms with van der Waals surface area (Å²) in [5.41, 5.74) is 5.24. The van der Waals surface area contributed by atoms with Crippen molar-refractivity contribution < 1.29 is 23.5 Å². The standard InChI is InChI=1S/C30H34FN7O4/c1-5-28(39)35-22-13-21(14-23(15-22)37-8-10-41-11-9-37)24-16-33-25(12-18(24)2)20(4)34-29-32-7-6-27(36-29)38-26(19(3)31)17-42-30(38)40/h5-7,12-16,19-20,26H,1,8-11,17H2,2-4H3,(H,35,39)(H,32,34,36)/t19-,20-,26+/m0/s1. The van der Waals surface area contributed by atoms with Crippen LogP contribution in [0.1, 0.15) is 31.1 Å². The number of ether oxygens (including phenoxy) is 2. The van der Waals surface area contributed by atoms with Crippen molar-refractivity contribution in [1.29, 1.82) is 0 Å². The number of alkyl halides is 1. The highest BCUT2D eigenvalue weighted by molar-refractivity contribution is 5.99. The topological polar surface area (TPSA) is 122 Å². The number of carbonyl (C=O) groups is 2. The average Bonchev–Trinajstić information content (AvgIpc) is 3.39. The van der Waals surface area contributed by atoms with Gasteiger partial charge >= 0.3 is 6.09 Å². The number of halogens is 1. The minimum Gasteiger partial charge on any atom is -0.447 e. The molecule has 4 heterocycles. The van der Waals surface area contributed by atoms with E-state index in [1.165, 1.54) is 24.1 Å². The lowest BCUT2D eigenvalue weighted by molar-refractivity contribution is -0.111. The van der Waals surface area contributed by atoms with Gasteiger partial charge < -0.3 is 25.0 Å². The van der Waals surface area contributed by atoms with E-state index in [1.807, 2.05) is 38.2 Å². The fourth-order valence-electron chi connectivity index (χ4n) is 5.01. The van der Waals surface area contributed by atoms with Crippen LogP contribution in [0, 0.1) is 6.92 Å². The second-order valence-electron chi connectivity index (χ2n) is 10.3. The Hall–Kier alpha value is -4.58. The lowest BCUT2D eigenvalue weighted by Crippen LogP contribution is -2.39. The van der Waals surface area contributed by atoms with Gasteiger partial charge in [-0.25, -0.2) is 14.2 Å². The number of benzene rings is 1. The number of morpholine rings is 1. The quantitative estimate of drug-likeness (QED) is 0.351. The molecular formula is C30H34FN7O4. The Morgan fingerprint density at radius 3 is 2.69 bits per heavy atom. The van der Waals surface area contributed by atoms with Gasteiger partial charge in [0.25, 0.3) is 0 Å². The third-order valence-corrected chi connectivity index (χ3v) is 7.30. The first-order valence-electron chi connectivity index (χ1n) is 13.8. The summed E-state index contributed by atoms with van der Waals surface area (Å²) in [6.45, 7) is 11.6. The molecular weight excluding hydrogens is 541 g/mol. The van der Waals surface area contributed by atoms with Crippen LogP contribution in [0.5, 0.6) is 0 Å². The van der Waals surface area contributed by atoms with Gasteiger partial charge in [-0.3, -0.25) is 14.7 Å². The van der Waals surface area contributed by atoms with Gasteiger partial charge in [0.05, 0.1) is 24.9 Å². The van der Waals surface area contributed by atoms with Crippen LogP contribution in [0.25, 0.3) is 11.1 Å². The molecule has 0 aliphatic carbocycles. The Morgan fingerprint density at radius 1 is 1.19 bits per heavy atom. The largest absolute Gasteiger partial charge is 0.447 e. The van der Waals surface area contributed by atoms with Gasteiger partial charge in [-0.05, 0) is 68.3 Å². The molecule has 0 spiro atoms. The summed E-state index contributed by atoms with van der Waals surface area (Å²) in [7, 11) is 0. The Balaban J connectivity index is 1.38.